The van der Waals surface area contributed by atoms with Crippen LogP contribution in [0.15, 0.2) is 42.6 Å². The Bertz CT molecular complexity index is 856. The number of ether oxygens (including phenoxy) is 2. The van der Waals surface area contributed by atoms with E-state index in [1.807, 2.05) is 37.3 Å². The molecule has 2 aromatic rings. The average molecular weight is 397 g/mol. The van der Waals surface area contributed by atoms with E-state index in [1.54, 1.807) is 31.4 Å². The fourth-order valence-corrected chi connectivity index (χ4v) is 3.84. The predicted molar refractivity (Wildman–Crippen MR) is 109 cm³/mol. The molecule has 1 saturated heterocycles. The number of likely N-dealkylation sites (tertiary alicyclic amines) is 1. The summed E-state index contributed by atoms with van der Waals surface area (Å²) in [5.41, 5.74) is 1.78. The van der Waals surface area contributed by atoms with Crippen molar-refractivity contribution >= 4 is 11.8 Å². The third-order valence-corrected chi connectivity index (χ3v) is 5.26. The molecule has 1 aromatic heterocycles. The molecule has 3 rings (SSSR count). The summed E-state index contributed by atoms with van der Waals surface area (Å²) in [5, 5.41) is 2.98. The van der Waals surface area contributed by atoms with Crippen molar-refractivity contribution in [3.8, 4) is 11.5 Å². The standard InChI is InChI=1S/C22H27N3O4/c1-4-25-20(26)14-17(22(27)24-12-10-16-7-5-6-11-23-16)21(25)15-8-9-18(28-2)19(13-15)29-3/h5-9,11,13,17,21H,4,10,12,14H2,1-3H3,(H,24,27)/t17-,21+/m1/s1. The molecule has 2 amide bonds. The zero-order chi connectivity index (χ0) is 20.8. The number of nitrogens with zero attached hydrogens (tertiary/aromatic N) is 2. The predicted octanol–water partition coefficient (Wildman–Crippen LogP) is 2.37. The molecule has 7 heteroatoms. The van der Waals surface area contributed by atoms with E-state index in [9.17, 15) is 9.59 Å². The fourth-order valence-electron chi connectivity index (χ4n) is 3.84. The summed E-state index contributed by atoms with van der Waals surface area (Å²) < 4.78 is 10.7. The second kappa shape index (κ2) is 9.41. The number of nitrogens with one attached hydrogen (secondary N) is 1. The number of amides is 2. The Balaban J connectivity index is 1.77. The van der Waals surface area contributed by atoms with Gasteiger partial charge in [0.05, 0.1) is 26.2 Å². The highest BCUT2D eigenvalue weighted by Crippen LogP contribution is 2.41. The number of pyridine rings is 1. The van der Waals surface area contributed by atoms with Crippen LogP contribution in [0.25, 0.3) is 0 Å². The second-order valence-electron chi connectivity index (χ2n) is 6.91. The van der Waals surface area contributed by atoms with Crippen molar-refractivity contribution < 1.29 is 19.1 Å². The summed E-state index contributed by atoms with van der Waals surface area (Å²) in [6.45, 7) is 2.94. The Morgan fingerprint density at radius 3 is 2.66 bits per heavy atom. The van der Waals surface area contributed by atoms with Crippen molar-refractivity contribution in [3.05, 3.63) is 53.9 Å². The molecule has 2 atom stereocenters. The molecule has 1 aromatic carbocycles. The van der Waals surface area contributed by atoms with Crippen molar-refractivity contribution in [2.75, 3.05) is 27.3 Å². The van der Waals surface area contributed by atoms with Gasteiger partial charge in [-0.25, -0.2) is 0 Å². The van der Waals surface area contributed by atoms with Crippen LogP contribution in [0.1, 0.15) is 30.6 Å². The molecular formula is C22H27N3O4. The van der Waals surface area contributed by atoms with Gasteiger partial charge < -0.3 is 19.7 Å². The second-order valence-corrected chi connectivity index (χ2v) is 6.91. The maximum Gasteiger partial charge on any atom is 0.226 e. The topological polar surface area (TPSA) is 80.8 Å². The minimum absolute atomic E-state index is 0.0165. The van der Waals surface area contributed by atoms with Gasteiger partial charge in [0.2, 0.25) is 11.8 Å². The van der Waals surface area contributed by atoms with Crippen LogP contribution in [0.4, 0.5) is 0 Å². The molecule has 0 bridgehead atoms. The largest absolute Gasteiger partial charge is 0.493 e. The lowest BCUT2D eigenvalue weighted by Gasteiger charge is -2.27. The van der Waals surface area contributed by atoms with Gasteiger partial charge in [-0.1, -0.05) is 12.1 Å². The van der Waals surface area contributed by atoms with Gasteiger partial charge in [0.25, 0.3) is 0 Å². The Morgan fingerprint density at radius 2 is 2.00 bits per heavy atom. The summed E-state index contributed by atoms with van der Waals surface area (Å²) in [5.74, 6) is 0.598. The Kier molecular flexibility index (Phi) is 6.69. The van der Waals surface area contributed by atoms with E-state index in [-0.39, 0.29) is 24.3 Å². The third kappa shape index (κ3) is 4.50. The molecule has 0 radical (unpaired) electrons. The number of aromatic nitrogens is 1. The maximum atomic E-state index is 12.9. The van der Waals surface area contributed by atoms with Crippen molar-refractivity contribution in [2.45, 2.75) is 25.8 Å². The van der Waals surface area contributed by atoms with Gasteiger partial charge in [0.15, 0.2) is 11.5 Å². The van der Waals surface area contributed by atoms with E-state index < -0.39 is 5.92 Å². The van der Waals surface area contributed by atoms with Crippen LogP contribution in [0, 0.1) is 5.92 Å². The maximum absolute atomic E-state index is 12.9. The molecule has 29 heavy (non-hydrogen) atoms. The van der Waals surface area contributed by atoms with Crippen LogP contribution in [0.5, 0.6) is 11.5 Å². The lowest BCUT2D eigenvalue weighted by atomic mass is 9.92. The molecule has 0 saturated carbocycles. The zero-order valence-corrected chi connectivity index (χ0v) is 17.1. The SMILES string of the molecule is CCN1C(=O)C[C@@H](C(=O)NCCc2ccccn2)[C@@H]1c1ccc(OC)c(OC)c1. The lowest BCUT2D eigenvalue weighted by molar-refractivity contribution is -0.129. The van der Waals surface area contributed by atoms with E-state index in [0.29, 0.717) is 31.0 Å². The minimum Gasteiger partial charge on any atom is -0.493 e. The zero-order valence-electron chi connectivity index (χ0n) is 17.1. The number of carbonyl (C=O) groups is 2. The summed E-state index contributed by atoms with van der Waals surface area (Å²) in [6.07, 6.45) is 2.58. The van der Waals surface area contributed by atoms with E-state index >= 15 is 0 Å². The number of hydrogen-bond donors (Lipinski definition) is 1. The molecule has 1 N–H and O–H groups in total. The summed E-state index contributed by atoms with van der Waals surface area (Å²) in [6, 6.07) is 10.9. The Labute approximate surface area is 171 Å². The van der Waals surface area contributed by atoms with Gasteiger partial charge in [-0.3, -0.25) is 14.6 Å². The molecular weight excluding hydrogens is 370 g/mol. The molecule has 7 nitrogen and oxygen atoms in total. The summed E-state index contributed by atoms with van der Waals surface area (Å²) in [7, 11) is 3.15. The van der Waals surface area contributed by atoms with Crippen LogP contribution >= 0.6 is 0 Å². The van der Waals surface area contributed by atoms with Crippen LogP contribution in [0.2, 0.25) is 0 Å². The highest BCUT2D eigenvalue weighted by molar-refractivity contribution is 5.90. The minimum atomic E-state index is -0.454. The first-order valence-corrected chi connectivity index (χ1v) is 9.78. The van der Waals surface area contributed by atoms with Crippen molar-refractivity contribution in [1.29, 1.82) is 0 Å². The Morgan fingerprint density at radius 1 is 1.21 bits per heavy atom. The first kappa shape index (κ1) is 20.6. The van der Waals surface area contributed by atoms with Crippen molar-refractivity contribution in [1.82, 2.24) is 15.2 Å². The van der Waals surface area contributed by atoms with Crippen LogP contribution in [-0.4, -0.2) is 49.0 Å². The Hall–Kier alpha value is -3.09. The average Bonchev–Trinajstić information content (AvgIpc) is 3.10. The van der Waals surface area contributed by atoms with Gasteiger partial charge in [-0.2, -0.15) is 0 Å². The normalized spacial score (nSPS) is 18.6. The van der Waals surface area contributed by atoms with E-state index in [2.05, 4.69) is 10.3 Å². The van der Waals surface area contributed by atoms with Crippen LogP contribution in [0.3, 0.4) is 0 Å². The molecule has 1 aliphatic heterocycles. The summed E-state index contributed by atoms with van der Waals surface area (Å²) >= 11 is 0. The molecule has 154 valence electrons. The summed E-state index contributed by atoms with van der Waals surface area (Å²) in [4.78, 5) is 31.5. The van der Waals surface area contributed by atoms with Gasteiger partial charge in [-0.05, 0) is 36.8 Å². The highest BCUT2D eigenvalue weighted by Gasteiger charge is 2.43. The number of methoxy groups -OCH3 is 2. The smallest absolute Gasteiger partial charge is 0.226 e. The molecule has 0 spiro atoms. The number of hydrogen-bond acceptors (Lipinski definition) is 5. The van der Waals surface area contributed by atoms with Crippen molar-refractivity contribution in [2.24, 2.45) is 5.92 Å². The van der Waals surface area contributed by atoms with Gasteiger partial charge in [0, 0.05) is 37.8 Å². The first-order chi connectivity index (χ1) is 14.1. The van der Waals surface area contributed by atoms with Gasteiger partial charge in [-0.15, -0.1) is 0 Å². The highest BCUT2D eigenvalue weighted by atomic mass is 16.5. The lowest BCUT2D eigenvalue weighted by Crippen LogP contribution is -2.36. The number of carbonyl (C=O) groups excluding carboxylic acids is 2. The van der Waals surface area contributed by atoms with Gasteiger partial charge >= 0.3 is 0 Å². The van der Waals surface area contributed by atoms with E-state index in [0.717, 1.165) is 11.3 Å². The third-order valence-electron chi connectivity index (χ3n) is 5.26. The van der Waals surface area contributed by atoms with E-state index in [1.165, 1.54) is 0 Å². The number of rotatable bonds is 8. The quantitative estimate of drug-likeness (QED) is 0.740. The fraction of sp³-hybridized carbons (Fsp3) is 0.409. The molecule has 1 aliphatic rings. The van der Waals surface area contributed by atoms with Crippen LogP contribution < -0.4 is 14.8 Å². The monoisotopic (exact) mass is 397 g/mol. The number of benzene rings is 1. The van der Waals surface area contributed by atoms with Crippen LogP contribution in [-0.2, 0) is 16.0 Å². The molecule has 1 fully saturated rings. The molecule has 0 unspecified atom stereocenters. The molecule has 0 aliphatic carbocycles. The first-order valence-electron chi connectivity index (χ1n) is 9.78. The van der Waals surface area contributed by atoms with Gasteiger partial charge in [0.1, 0.15) is 0 Å². The molecule has 2 heterocycles. The van der Waals surface area contributed by atoms with Crippen molar-refractivity contribution in [3.63, 3.8) is 0 Å². The van der Waals surface area contributed by atoms with E-state index in [4.69, 9.17) is 9.47 Å².